The first-order valence-electron chi connectivity index (χ1n) is 11.7. The molecule has 184 valence electrons. The smallest absolute Gasteiger partial charge is 0.295 e. The highest BCUT2D eigenvalue weighted by Crippen LogP contribution is 2.40. The summed E-state index contributed by atoms with van der Waals surface area (Å²) in [6, 6.07) is 11.5. The molecule has 35 heavy (non-hydrogen) atoms. The Balaban J connectivity index is 1.65. The van der Waals surface area contributed by atoms with Crippen molar-refractivity contribution in [3.63, 3.8) is 0 Å². The molecule has 1 atom stereocenters. The fraction of sp³-hybridized carbons (Fsp3) is 0.333. The van der Waals surface area contributed by atoms with Crippen LogP contribution in [0.5, 0.6) is 5.75 Å². The Morgan fingerprint density at radius 1 is 1.09 bits per heavy atom. The molecule has 0 aliphatic carbocycles. The standard InChI is InChI=1S/C27H29FN2O5/c1-2-16-35-22-10-6-19(7-11-22)24-23(25(31)20-4-8-21(28)9-5-20)26(32)27(33)30(24)13-3-12-29-14-17-34-18-15-29/h2,4-11,24,31H,1,3,12-18H2/t24-/m0/s1. The van der Waals surface area contributed by atoms with Gasteiger partial charge < -0.3 is 19.5 Å². The maximum Gasteiger partial charge on any atom is 0.295 e. The molecule has 2 fully saturated rings. The second-order valence-corrected chi connectivity index (χ2v) is 8.48. The Morgan fingerprint density at radius 3 is 2.43 bits per heavy atom. The molecule has 0 aromatic heterocycles. The third-order valence-corrected chi connectivity index (χ3v) is 6.20. The normalized spacial score (nSPS) is 20.3. The van der Waals surface area contributed by atoms with E-state index in [0.29, 0.717) is 44.1 Å². The number of amides is 1. The summed E-state index contributed by atoms with van der Waals surface area (Å²) >= 11 is 0. The van der Waals surface area contributed by atoms with Crippen LogP contribution in [0.3, 0.4) is 0 Å². The predicted octanol–water partition coefficient (Wildman–Crippen LogP) is 3.53. The van der Waals surface area contributed by atoms with Gasteiger partial charge in [-0.15, -0.1) is 0 Å². The number of ketones is 1. The molecule has 0 bridgehead atoms. The minimum atomic E-state index is -0.766. The third kappa shape index (κ3) is 5.61. The van der Waals surface area contributed by atoms with Crippen LogP contribution in [0.25, 0.3) is 5.76 Å². The molecule has 0 unspecified atom stereocenters. The molecular formula is C27H29FN2O5. The van der Waals surface area contributed by atoms with E-state index < -0.39 is 23.5 Å². The lowest BCUT2D eigenvalue weighted by Gasteiger charge is -2.29. The first-order chi connectivity index (χ1) is 17.0. The van der Waals surface area contributed by atoms with Crippen LogP contribution >= 0.6 is 0 Å². The molecule has 2 heterocycles. The zero-order chi connectivity index (χ0) is 24.8. The third-order valence-electron chi connectivity index (χ3n) is 6.20. The van der Waals surface area contributed by atoms with E-state index in [1.54, 1.807) is 30.3 Å². The van der Waals surface area contributed by atoms with Crippen LogP contribution in [0.2, 0.25) is 0 Å². The second-order valence-electron chi connectivity index (χ2n) is 8.48. The molecule has 1 amide bonds. The number of carbonyl (C=O) groups excluding carboxylic acids is 2. The topological polar surface area (TPSA) is 79.3 Å². The van der Waals surface area contributed by atoms with Gasteiger partial charge in [0.2, 0.25) is 0 Å². The summed E-state index contributed by atoms with van der Waals surface area (Å²) in [5, 5.41) is 11.0. The quantitative estimate of drug-likeness (QED) is 0.256. The van der Waals surface area contributed by atoms with Crippen molar-refractivity contribution in [2.24, 2.45) is 0 Å². The van der Waals surface area contributed by atoms with Gasteiger partial charge in [-0.1, -0.05) is 24.8 Å². The van der Waals surface area contributed by atoms with Crippen molar-refractivity contribution in [2.45, 2.75) is 12.5 Å². The summed E-state index contributed by atoms with van der Waals surface area (Å²) in [6.45, 7) is 8.13. The number of hydrogen-bond donors (Lipinski definition) is 1. The summed E-state index contributed by atoms with van der Waals surface area (Å²) in [5.74, 6) is -1.58. The van der Waals surface area contributed by atoms with Gasteiger partial charge in [-0.25, -0.2) is 4.39 Å². The first-order valence-corrected chi connectivity index (χ1v) is 11.7. The van der Waals surface area contributed by atoms with Crippen molar-refractivity contribution < 1.29 is 28.6 Å². The molecule has 8 heteroatoms. The lowest BCUT2D eigenvalue weighted by atomic mass is 9.95. The number of Topliss-reactive ketones (excluding diaryl/α,β-unsaturated/α-hetero) is 1. The van der Waals surface area contributed by atoms with E-state index in [1.165, 1.54) is 29.2 Å². The van der Waals surface area contributed by atoms with Crippen molar-refractivity contribution >= 4 is 17.4 Å². The number of likely N-dealkylation sites (tertiary alicyclic amines) is 1. The number of ether oxygens (including phenoxy) is 2. The number of aliphatic hydroxyl groups excluding tert-OH is 1. The largest absolute Gasteiger partial charge is 0.507 e. The SMILES string of the molecule is C=CCOc1ccc([C@H]2C(=C(O)c3ccc(F)cc3)C(=O)C(=O)N2CCCN2CCOCC2)cc1. The number of carbonyl (C=O) groups is 2. The van der Waals surface area contributed by atoms with Crippen LogP contribution in [-0.4, -0.2) is 72.6 Å². The number of aliphatic hydroxyl groups is 1. The number of nitrogens with zero attached hydrogens (tertiary/aromatic N) is 2. The van der Waals surface area contributed by atoms with Crippen LogP contribution in [0.4, 0.5) is 4.39 Å². The van der Waals surface area contributed by atoms with E-state index in [9.17, 15) is 19.1 Å². The van der Waals surface area contributed by atoms with E-state index in [0.717, 1.165) is 19.6 Å². The number of hydrogen-bond acceptors (Lipinski definition) is 6. The summed E-state index contributed by atoms with van der Waals surface area (Å²) in [5.41, 5.74) is 0.937. The number of benzene rings is 2. The number of rotatable bonds is 9. The monoisotopic (exact) mass is 480 g/mol. The lowest BCUT2D eigenvalue weighted by Crippen LogP contribution is -2.38. The molecule has 2 aliphatic heterocycles. The zero-order valence-corrected chi connectivity index (χ0v) is 19.5. The molecular weight excluding hydrogens is 451 g/mol. The molecule has 2 aliphatic rings. The number of halogens is 1. The van der Waals surface area contributed by atoms with Gasteiger partial charge in [-0.2, -0.15) is 0 Å². The van der Waals surface area contributed by atoms with Crippen molar-refractivity contribution in [3.05, 3.63) is 83.7 Å². The molecule has 2 aromatic rings. The van der Waals surface area contributed by atoms with Crippen LogP contribution < -0.4 is 4.74 Å². The highest BCUT2D eigenvalue weighted by molar-refractivity contribution is 6.46. The van der Waals surface area contributed by atoms with Gasteiger partial charge in [0.25, 0.3) is 11.7 Å². The molecule has 2 saturated heterocycles. The van der Waals surface area contributed by atoms with Crippen molar-refractivity contribution in [1.82, 2.24) is 9.80 Å². The minimum absolute atomic E-state index is 0.00672. The summed E-state index contributed by atoms with van der Waals surface area (Å²) in [7, 11) is 0. The van der Waals surface area contributed by atoms with Gasteiger partial charge in [0.05, 0.1) is 24.8 Å². The van der Waals surface area contributed by atoms with Gasteiger partial charge in [-0.05, 0) is 48.4 Å². The molecule has 0 radical (unpaired) electrons. The maximum atomic E-state index is 13.4. The Labute approximate surface area is 204 Å². The van der Waals surface area contributed by atoms with E-state index in [-0.39, 0.29) is 16.9 Å². The van der Waals surface area contributed by atoms with E-state index in [4.69, 9.17) is 9.47 Å². The fourth-order valence-electron chi connectivity index (χ4n) is 4.41. The van der Waals surface area contributed by atoms with E-state index in [2.05, 4.69) is 11.5 Å². The predicted molar refractivity (Wildman–Crippen MR) is 129 cm³/mol. The minimum Gasteiger partial charge on any atom is -0.507 e. The summed E-state index contributed by atoms with van der Waals surface area (Å²) in [6.07, 6.45) is 2.31. The molecule has 4 rings (SSSR count). The van der Waals surface area contributed by atoms with E-state index in [1.807, 2.05) is 0 Å². The molecule has 2 aromatic carbocycles. The Morgan fingerprint density at radius 2 is 1.77 bits per heavy atom. The second kappa shape index (κ2) is 11.3. The number of morpholine rings is 1. The van der Waals surface area contributed by atoms with Crippen LogP contribution in [0.15, 0.2) is 66.8 Å². The summed E-state index contributed by atoms with van der Waals surface area (Å²) in [4.78, 5) is 30.0. The van der Waals surface area contributed by atoms with Crippen molar-refractivity contribution in [1.29, 1.82) is 0 Å². The fourth-order valence-corrected chi connectivity index (χ4v) is 4.41. The van der Waals surface area contributed by atoms with Gasteiger partial charge in [0, 0.05) is 31.7 Å². The van der Waals surface area contributed by atoms with Gasteiger partial charge in [-0.3, -0.25) is 14.5 Å². The molecule has 0 spiro atoms. The Hall–Kier alpha value is -3.49. The van der Waals surface area contributed by atoms with Gasteiger partial charge in [0.15, 0.2) is 0 Å². The van der Waals surface area contributed by atoms with E-state index >= 15 is 0 Å². The Bertz CT molecular complexity index is 1090. The first kappa shape index (κ1) is 24.6. The highest BCUT2D eigenvalue weighted by Gasteiger charge is 2.45. The Kier molecular flexibility index (Phi) is 7.94. The molecule has 7 nitrogen and oxygen atoms in total. The van der Waals surface area contributed by atoms with Crippen LogP contribution in [0, 0.1) is 5.82 Å². The maximum absolute atomic E-state index is 13.4. The average Bonchev–Trinajstić information content (AvgIpc) is 3.13. The van der Waals surface area contributed by atoms with Gasteiger partial charge in [0.1, 0.15) is 23.9 Å². The van der Waals surface area contributed by atoms with Gasteiger partial charge >= 0.3 is 0 Å². The molecule has 1 N–H and O–H groups in total. The van der Waals surface area contributed by atoms with Crippen LogP contribution in [0.1, 0.15) is 23.6 Å². The molecule has 0 saturated carbocycles. The van der Waals surface area contributed by atoms with Crippen molar-refractivity contribution in [2.75, 3.05) is 46.0 Å². The highest BCUT2D eigenvalue weighted by atomic mass is 19.1. The zero-order valence-electron chi connectivity index (χ0n) is 19.5. The van der Waals surface area contributed by atoms with Crippen molar-refractivity contribution in [3.8, 4) is 5.75 Å². The summed E-state index contributed by atoms with van der Waals surface area (Å²) < 4.78 is 24.4. The van der Waals surface area contributed by atoms with Crippen LogP contribution in [-0.2, 0) is 14.3 Å². The lowest BCUT2D eigenvalue weighted by molar-refractivity contribution is -0.140. The average molecular weight is 481 g/mol.